The lowest BCUT2D eigenvalue weighted by molar-refractivity contribution is 0.0270. The fourth-order valence-electron chi connectivity index (χ4n) is 4.67. The SMILES string of the molecule is CN(C(=O)OCc1cc(Cl)cc(Cl)c1)C1CCc2ccc(C3=CCN(C(=O)OC(C)(C)C)CC3)cc21. The zero-order valence-electron chi connectivity index (χ0n) is 21.1. The van der Waals surface area contributed by atoms with Crippen molar-refractivity contribution >= 4 is 41.0 Å². The summed E-state index contributed by atoms with van der Waals surface area (Å²) in [5.74, 6) is 0. The Kier molecular flexibility index (Phi) is 7.86. The number of hydrogen-bond acceptors (Lipinski definition) is 4. The molecule has 1 atom stereocenters. The Hall–Kier alpha value is -2.70. The van der Waals surface area contributed by atoms with E-state index in [1.165, 1.54) is 11.1 Å². The van der Waals surface area contributed by atoms with E-state index < -0.39 is 5.60 Å². The third kappa shape index (κ3) is 6.34. The van der Waals surface area contributed by atoms with Gasteiger partial charge >= 0.3 is 12.2 Å². The molecule has 2 amide bonds. The first-order chi connectivity index (χ1) is 17.0. The zero-order chi connectivity index (χ0) is 26.0. The van der Waals surface area contributed by atoms with Gasteiger partial charge in [-0.05, 0) is 92.1 Å². The van der Waals surface area contributed by atoms with Crippen molar-refractivity contribution in [3.63, 3.8) is 0 Å². The molecule has 0 radical (unpaired) electrons. The van der Waals surface area contributed by atoms with Crippen LogP contribution in [0, 0.1) is 0 Å². The molecule has 1 unspecified atom stereocenters. The van der Waals surface area contributed by atoms with E-state index in [9.17, 15) is 9.59 Å². The number of rotatable bonds is 4. The highest BCUT2D eigenvalue weighted by atomic mass is 35.5. The summed E-state index contributed by atoms with van der Waals surface area (Å²) in [4.78, 5) is 28.6. The van der Waals surface area contributed by atoms with Crippen molar-refractivity contribution < 1.29 is 19.1 Å². The van der Waals surface area contributed by atoms with Crippen LogP contribution in [0.25, 0.3) is 5.57 Å². The standard InChI is InChI=1S/C28H32Cl2N2O4/c1-28(2,3)36-27(34)32-11-9-19(10-12-32)21-6-5-20-7-8-25(24(20)15-21)31(4)26(33)35-17-18-13-22(29)16-23(30)14-18/h5-6,9,13-16,25H,7-8,10-12,17H2,1-4H3. The molecule has 2 aliphatic rings. The highest BCUT2D eigenvalue weighted by Crippen LogP contribution is 2.38. The van der Waals surface area contributed by atoms with Crippen molar-refractivity contribution in [2.24, 2.45) is 0 Å². The molecule has 0 spiro atoms. The predicted octanol–water partition coefficient (Wildman–Crippen LogP) is 7.27. The van der Waals surface area contributed by atoms with Gasteiger partial charge in [-0.15, -0.1) is 0 Å². The average molecular weight is 531 g/mol. The highest BCUT2D eigenvalue weighted by Gasteiger charge is 2.30. The van der Waals surface area contributed by atoms with Crippen LogP contribution in [-0.2, 0) is 22.5 Å². The zero-order valence-corrected chi connectivity index (χ0v) is 22.7. The highest BCUT2D eigenvalue weighted by molar-refractivity contribution is 6.34. The normalized spacial score (nSPS) is 17.3. The van der Waals surface area contributed by atoms with Gasteiger partial charge in [0.2, 0.25) is 0 Å². The van der Waals surface area contributed by atoms with Crippen LogP contribution in [0.4, 0.5) is 9.59 Å². The molecule has 0 bridgehead atoms. The van der Waals surface area contributed by atoms with Crippen molar-refractivity contribution in [1.29, 1.82) is 0 Å². The van der Waals surface area contributed by atoms with Crippen LogP contribution in [0.2, 0.25) is 10.0 Å². The van der Waals surface area contributed by atoms with Crippen LogP contribution >= 0.6 is 23.2 Å². The van der Waals surface area contributed by atoms with E-state index in [1.807, 2.05) is 20.8 Å². The van der Waals surface area contributed by atoms with Crippen LogP contribution in [0.15, 0.2) is 42.5 Å². The minimum Gasteiger partial charge on any atom is -0.445 e. The Labute approximate surface area is 222 Å². The van der Waals surface area contributed by atoms with Crippen LogP contribution in [0.3, 0.4) is 0 Å². The number of ether oxygens (including phenoxy) is 2. The first kappa shape index (κ1) is 26.4. The molecule has 2 aromatic carbocycles. The summed E-state index contributed by atoms with van der Waals surface area (Å²) < 4.78 is 11.0. The molecule has 0 saturated heterocycles. The number of carbonyl (C=O) groups is 2. The molecule has 1 heterocycles. The van der Waals surface area contributed by atoms with E-state index >= 15 is 0 Å². The summed E-state index contributed by atoms with van der Waals surface area (Å²) in [5, 5.41) is 1.01. The lowest BCUT2D eigenvalue weighted by Gasteiger charge is -2.30. The number of halogens is 2. The summed E-state index contributed by atoms with van der Waals surface area (Å²) in [7, 11) is 1.78. The van der Waals surface area contributed by atoms with E-state index in [-0.39, 0.29) is 24.8 Å². The van der Waals surface area contributed by atoms with Crippen LogP contribution in [0.1, 0.15) is 61.9 Å². The molecule has 2 aromatic rings. The second-order valence-corrected chi connectivity index (χ2v) is 11.2. The molecule has 0 fully saturated rings. The number of nitrogens with zero attached hydrogens (tertiary/aromatic N) is 2. The summed E-state index contributed by atoms with van der Waals surface area (Å²) in [6.07, 6.45) is 3.92. The average Bonchev–Trinajstić information content (AvgIpc) is 3.23. The fourth-order valence-corrected chi connectivity index (χ4v) is 5.25. The van der Waals surface area contributed by atoms with Crippen molar-refractivity contribution in [2.45, 2.75) is 58.3 Å². The minimum absolute atomic E-state index is 0.0575. The van der Waals surface area contributed by atoms with Gasteiger partial charge in [-0.2, -0.15) is 0 Å². The fraction of sp³-hybridized carbons (Fsp3) is 0.429. The van der Waals surface area contributed by atoms with E-state index in [2.05, 4.69) is 24.3 Å². The molecule has 4 rings (SSSR count). The van der Waals surface area contributed by atoms with Gasteiger partial charge in [-0.3, -0.25) is 0 Å². The monoisotopic (exact) mass is 530 g/mol. The maximum absolute atomic E-state index is 12.8. The number of amides is 2. The molecule has 1 aliphatic carbocycles. The lowest BCUT2D eigenvalue weighted by Crippen LogP contribution is -2.39. The topological polar surface area (TPSA) is 59.1 Å². The van der Waals surface area contributed by atoms with Crippen molar-refractivity contribution in [3.05, 3.63) is 74.8 Å². The van der Waals surface area contributed by atoms with Gasteiger partial charge in [0.25, 0.3) is 0 Å². The van der Waals surface area contributed by atoms with Gasteiger partial charge in [0.05, 0.1) is 6.04 Å². The van der Waals surface area contributed by atoms with Crippen LogP contribution in [0.5, 0.6) is 0 Å². The number of carbonyl (C=O) groups excluding carboxylic acids is 2. The first-order valence-corrected chi connectivity index (χ1v) is 12.9. The van der Waals surface area contributed by atoms with Crippen LogP contribution in [-0.4, -0.2) is 47.7 Å². The van der Waals surface area contributed by atoms with Crippen molar-refractivity contribution in [1.82, 2.24) is 9.80 Å². The van der Waals surface area contributed by atoms with Gasteiger partial charge in [0.15, 0.2) is 0 Å². The molecule has 1 aliphatic heterocycles. The summed E-state index contributed by atoms with van der Waals surface area (Å²) >= 11 is 12.1. The number of benzene rings is 2. The third-order valence-electron chi connectivity index (χ3n) is 6.46. The Morgan fingerprint density at radius 1 is 1.08 bits per heavy atom. The van der Waals surface area contributed by atoms with Crippen molar-refractivity contribution in [2.75, 3.05) is 20.1 Å². The Morgan fingerprint density at radius 3 is 2.44 bits per heavy atom. The Morgan fingerprint density at radius 2 is 1.81 bits per heavy atom. The van der Waals surface area contributed by atoms with Gasteiger partial charge < -0.3 is 19.3 Å². The molecular weight excluding hydrogens is 499 g/mol. The molecule has 192 valence electrons. The van der Waals surface area contributed by atoms with Gasteiger partial charge in [0.1, 0.15) is 12.2 Å². The quantitative estimate of drug-likeness (QED) is 0.416. The second-order valence-electron chi connectivity index (χ2n) is 10.3. The molecule has 36 heavy (non-hydrogen) atoms. The predicted molar refractivity (Wildman–Crippen MR) is 142 cm³/mol. The maximum atomic E-state index is 12.8. The number of aryl methyl sites for hydroxylation is 1. The molecule has 0 saturated carbocycles. The van der Waals surface area contributed by atoms with E-state index in [1.54, 1.807) is 35.0 Å². The van der Waals surface area contributed by atoms with Crippen molar-refractivity contribution in [3.8, 4) is 0 Å². The number of hydrogen-bond donors (Lipinski definition) is 0. The van der Waals surface area contributed by atoms with E-state index in [0.717, 1.165) is 36.0 Å². The maximum Gasteiger partial charge on any atom is 0.410 e. The van der Waals surface area contributed by atoms with E-state index in [0.29, 0.717) is 23.1 Å². The van der Waals surface area contributed by atoms with Gasteiger partial charge in [-0.1, -0.05) is 41.4 Å². The summed E-state index contributed by atoms with van der Waals surface area (Å²) in [6.45, 7) is 6.85. The first-order valence-electron chi connectivity index (χ1n) is 12.1. The van der Waals surface area contributed by atoms with Gasteiger partial charge in [0, 0.05) is 30.2 Å². The Balaban J connectivity index is 1.42. The summed E-state index contributed by atoms with van der Waals surface area (Å²) in [5.41, 5.74) is 4.95. The minimum atomic E-state index is -0.509. The smallest absolute Gasteiger partial charge is 0.410 e. The molecule has 0 aromatic heterocycles. The molecule has 0 N–H and O–H groups in total. The van der Waals surface area contributed by atoms with Gasteiger partial charge in [-0.25, -0.2) is 9.59 Å². The third-order valence-corrected chi connectivity index (χ3v) is 6.90. The second kappa shape index (κ2) is 10.7. The Bertz CT molecular complexity index is 1170. The molecule has 8 heteroatoms. The molecule has 6 nitrogen and oxygen atoms in total. The number of fused-ring (bicyclic) bond motifs is 1. The van der Waals surface area contributed by atoms with E-state index in [4.69, 9.17) is 32.7 Å². The largest absolute Gasteiger partial charge is 0.445 e. The summed E-state index contributed by atoms with van der Waals surface area (Å²) in [6, 6.07) is 11.5. The molecular formula is C28H32Cl2N2O4. The van der Waals surface area contributed by atoms with Crippen LogP contribution < -0.4 is 0 Å². The lowest BCUT2D eigenvalue weighted by atomic mass is 9.95.